The molecule has 0 fully saturated rings. The fourth-order valence-electron chi connectivity index (χ4n) is 2.36. The molecule has 0 aromatic heterocycles. The Balaban J connectivity index is 0.00000225. The Morgan fingerprint density at radius 2 is 0.920 bits per heavy atom. The monoisotopic (exact) mass is 513 g/mol. The SMILES string of the molecule is Oc1ccccc1C[N-]c1ccccc1[N-]Cc1ccccc1O.[Pt+2]. The van der Waals surface area contributed by atoms with Crippen LogP contribution in [-0.4, -0.2) is 10.2 Å². The molecule has 0 spiro atoms. The van der Waals surface area contributed by atoms with Crippen molar-refractivity contribution in [3.05, 3.63) is 94.6 Å². The minimum absolute atomic E-state index is 0. The van der Waals surface area contributed by atoms with E-state index in [4.69, 9.17) is 0 Å². The van der Waals surface area contributed by atoms with Crippen molar-refractivity contribution in [3.8, 4) is 11.5 Å². The second kappa shape index (κ2) is 9.14. The number of hydrogen-bond acceptors (Lipinski definition) is 2. The van der Waals surface area contributed by atoms with Gasteiger partial charge in [-0.2, -0.15) is 11.4 Å². The van der Waals surface area contributed by atoms with Gasteiger partial charge in [0.05, 0.1) is 0 Å². The molecule has 3 aromatic carbocycles. The number of para-hydroxylation sites is 4. The topological polar surface area (TPSA) is 68.7 Å². The van der Waals surface area contributed by atoms with Crippen molar-refractivity contribution >= 4 is 11.4 Å². The first-order valence-electron chi connectivity index (χ1n) is 7.72. The molecule has 4 nitrogen and oxygen atoms in total. The van der Waals surface area contributed by atoms with Gasteiger partial charge in [-0.15, -0.1) is 13.1 Å². The Labute approximate surface area is 161 Å². The van der Waals surface area contributed by atoms with Gasteiger partial charge in [0.15, 0.2) is 0 Å². The van der Waals surface area contributed by atoms with Crippen LogP contribution in [0, 0.1) is 0 Å². The third-order valence-electron chi connectivity index (χ3n) is 3.70. The van der Waals surface area contributed by atoms with E-state index < -0.39 is 0 Å². The first kappa shape index (κ1) is 18.9. The van der Waals surface area contributed by atoms with Crippen LogP contribution in [0.15, 0.2) is 72.8 Å². The predicted molar refractivity (Wildman–Crippen MR) is 96.1 cm³/mol. The normalized spacial score (nSPS) is 9.92. The van der Waals surface area contributed by atoms with Crippen molar-refractivity contribution in [2.24, 2.45) is 0 Å². The zero-order chi connectivity index (χ0) is 16.8. The summed E-state index contributed by atoms with van der Waals surface area (Å²) in [6.07, 6.45) is 0. The van der Waals surface area contributed by atoms with E-state index in [0.29, 0.717) is 13.1 Å². The average Bonchev–Trinajstić information content (AvgIpc) is 2.61. The Morgan fingerprint density at radius 3 is 1.32 bits per heavy atom. The van der Waals surface area contributed by atoms with Gasteiger partial charge in [-0.25, -0.2) is 0 Å². The fourth-order valence-corrected chi connectivity index (χ4v) is 2.36. The van der Waals surface area contributed by atoms with Crippen molar-refractivity contribution in [1.82, 2.24) is 0 Å². The molecular formula is C20H18N2O2Pt. The Bertz CT molecular complexity index is 756. The van der Waals surface area contributed by atoms with Crippen LogP contribution in [-0.2, 0) is 34.2 Å². The number of hydrogen-bond donors (Lipinski definition) is 2. The summed E-state index contributed by atoms with van der Waals surface area (Å²) < 4.78 is 0. The van der Waals surface area contributed by atoms with Crippen LogP contribution in [0.2, 0.25) is 0 Å². The fraction of sp³-hybridized carbons (Fsp3) is 0.100. The molecule has 0 saturated heterocycles. The van der Waals surface area contributed by atoms with Crippen molar-refractivity contribution in [3.63, 3.8) is 0 Å². The molecule has 3 rings (SSSR count). The molecule has 0 aliphatic rings. The van der Waals surface area contributed by atoms with E-state index in [9.17, 15) is 10.2 Å². The number of benzene rings is 3. The van der Waals surface area contributed by atoms with E-state index in [1.165, 1.54) is 0 Å². The molecule has 0 aliphatic heterocycles. The predicted octanol–water partition coefficient (Wildman–Crippen LogP) is 5.51. The van der Waals surface area contributed by atoms with Gasteiger partial charge in [0, 0.05) is 0 Å². The van der Waals surface area contributed by atoms with Crippen molar-refractivity contribution < 1.29 is 31.3 Å². The largest absolute Gasteiger partial charge is 2.00 e. The number of aromatic hydroxyl groups is 2. The van der Waals surface area contributed by atoms with E-state index in [0.717, 1.165) is 22.5 Å². The van der Waals surface area contributed by atoms with Crippen LogP contribution in [0.5, 0.6) is 11.5 Å². The summed E-state index contributed by atoms with van der Waals surface area (Å²) in [4.78, 5) is 0. The van der Waals surface area contributed by atoms with E-state index in [2.05, 4.69) is 10.6 Å². The first-order valence-corrected chi connectivity index (χ1v) is 7.72. The molecule has 5 heteroatoms. The van der Waals surface area contributed by atoms with Gasteiger partial charge in [0.25, 0.3) is 0 Å². The minimum atomic E-state index is 0. The standard InChI is InChI=1S/C20H18N2O2.Pt/c23-19-11-5-1-7-15(19)13-21-17-9-3-4-10-18(17)22-14-16-8-2-6-12-20(16)24;/h1-12,23-24H,13-14H2;/q-2;+2. The van der Waals surface area contributed by atoms with Crippen LogP contribution < -0.4 is 0 Å². The summed E-state index contributed by atoms with van der Waals surface area (Å²) in [5, 5.41) is 28.8. The summed E-state index contributed by atoms with van der Waals surface area (Å²) in [5.41, 5.74) is 3.06. The van der Waals surface area contributed by atoms with E-state index in [-0.39, 0.29) is 32.6 Å². The smallest absolute Gasteiger partial charge is 0.682 e. The van der Waals surface area contributed by atoms with Crippen molar-refractivity contribution in [1.29, 1.82) is 0 Å². The maximum absolute atomic E-state index is 9.83. The molecule has 3 aromatic rings. The number of phenols is 2. The van der Waals surface area contributed by atoms with Crippen LogP contribution >= 0.6 is 0 Å². The molecule has 0 aliphatic carbocycles. The van der Waals surface area contributed by atoms with Crippen LogP contribution in [0.1, 0.15) is 11.1 Å². The second-order valence-corrected chi connectivity index (χ2v) is 5.38. The van der Waals surface area contributed by atoms with Crippen molar-refractivity contribution in [2.75, 3.05) is 0 Å². The van der Waals surface area contributed by atoms with Gasteiger partial charge in [-0.05, 0) is 23.3 Å². The number of rotatable bonds is 6. The molecule has 0 atom stereocenters. The van der Waals surface area contributed by atoms with Crippen LogP contribution in [0.25, 0.3) is 10.6 Å². The molecule has 0 radical (unpaired) electrons. The van der Waals surface area contributed by atoms with Gasteiger partial charge in [-0.1, -0.05) is 60.7 Å². The summed E-state index contributed by atoms with van der Waals surface area (Å²) >= 11 is 0. The molecule has 25 heavy (non-hydrogen) atoms. The Kier molecular flexibility index (Phi) is 6.90. The maximum atomic E-state index is 9.83. The average molecular weight is 513 g/mol. The second-order valence-electron chi connectivity index (χ2n) is 5.38. The molecule has 0 amide bonds. The minimum Gasteiger partial charge on any atom is -0.682 e. The zero-order valence-electron chi connectivity index (χ0n) is 13.4. The molecular weight excluding hydrogens is 495 g/mol. The molecule has 0 unspecified atom stereocenters. The van der Waals surface area contributed by atoms with Gasteiger partial charge in [-0.3, -0.25) is 0 Å². The maximum Gasteiger partial charge on any atom is 2.00 e. The quantitative estimate of drug-likeness (QED) is 0.457. The van der Waals surface area contributed by atoms with E-state index in [1.54, 1.807) is 24.3 Å². The van der Waals surface area contributed by atoms with Gasteiger partial charge < -0.3 is 20.8 Å². The van der Waals surface area contributed by atoms with Crippen LogP contribution in [0.4, 0.5) is 11.4 Å². The number of nitrogens with zero attached hydrogens (tertiary/aromatic N) is 2. The molecule has 0 saturated carbocycles. The Hall–Kier alpha value is -2.45. The summed E-state index contributed by atoms with van der Waals surface area (Å²) in [7, 11) is 0. The zero-order valence-corrected chi connectivity index (χ0v) is 15.7. The van der Waals surface area contributed by atoms with Gasteiger partial charge >= 0.3 is 21.1 Å². The van der Waals surface area contributed by atoms with E-state index in [1.807, 2.05) is 48.5 Å². The Morgan fingerprint density at radius 1 is 0.560 bits per heavy atom. The third-order valence-corrected chi connectivity index (χ3v) is 3.70. The number of phenolic OH excluding ortho intramolecular Hbond substituents is 2. The first-order chi connectivity index (χ1) is 11.7. The summed E-state index contributed by atoms with van der Waals surface area (Å²) in [5.74, 6) is 0.481. The summed E-state index contributed by atoms with van der Waals surface area (Å²) in [6, 6.07) is 21.9. The summed E-state index contributed by atoms with van der Waals surface area (Å²) in [6.45, 7) is 0.769. The van der Waals surface area contributed by atoms with Crippen LogP contribution in [0.3, 0.4) is 0 Å². The molecule has 0 heterocycles. The third kappa shape index (κ3) is 5.01. The molecule has 130 valence electrons. The van der Waals surface area contributed by atoms with Gasteiger partial charge in [0.2, 0.25) is 0 Å². The van der Waals surface area contributed by atoms with Crippen molar-refractivity contribution in [2.45, 2.75) is 13.1 Å². The van der Waals surface area contributed by atoms with E-state index >= 15 is 0 Å². The molecule has 0 bridgehead atoms. The molecule has 2 N–H and O–H groups in total. The van der Waals surface area contributed by atoms with Gasteiger partial charge in [0.1, 0.15) is 11.5 Å².